The molecule has 4 rings (SSSR count). The van der Waals surface area contributed by atoms with Gasteiger partial charge >= 0.3 is 6.03 Å². The molecule has 2 saturated heterocycles. The van der Waals surface area contributed by atoms with Crippen molar-refractivity contribution in [1.29, 1.82) is 0 Å². The van der Waals surface area contributed by atoms with Gasteiger partial charge in [-0.05, 0) is 61.4 Å². The van der Waals surface area contributed by atoms with Gasteiger partial charge in [0.1, 0.15) is 22.8 Å². The van der Waals surface area contributed by atoms with E-state index in [-0.39, 0.29) is 18.0 Å². The van der Waals surface area contributed by atoms with E-state index in [2.05, 4.69) is 10.6 Å². The van der Waals surface area contributed by atoms with Gasteiger partial charge in [-0.2, -0.15) is 4.31 Å². The van der Waals surface area contributed by atoms with Crippen LogP contribution in [0.1, 0.15) is 12.8 Å². The van der Waals surface area contributed by atoms with Gasteiger partial charge in [0, 0.05) is 13.1 Å². The lowest BCUT2D eigenvalue weighted by Gasteiger charge is -2.37. The molecule has 0 bridgehead atoms. The second kappa shape index (κ2) is 7.62. The minimum atomic E-state index is -3.84. The predicted octanol–water partition coefficient (Wildman–Crippen LogP) is 1.85. The van der Waals surface area contributed by atoms with E-state index in [0.29, 0.717) is 30.1 Å². The molecule has 2 aliphatic heterocycles. The van der Waals surface area contributed by atoms with Crippen molar-refractivity contribution in [2.24, 2.45) is 0 Å². The van der Waals surface area contributed by atoms with Crippen LogP contribution in [0.15, 0.2) is 53.4 Å². The molecule has 2 heterocycles. The van der Waals surface area contributed by atoms with Gasteiger partial charge in [0.2, 0.25) is 10.0 Å². The summed E-state index contributed by atoms with van der Waals surface area (Å²) >= 11 is 0. The van der Waals surface area contributed by atoms with Crippen LogP contribution in [0.4, 0.5) is 4.79 Å². The molecule has 1 unspecified atom stereocenters. The predicted molar refractivity (Wildman–Crippen MR) is 107 cm³/mol. The summed E-state index contributed by atoms with van der Waals surface area (Å²) in [6.45, 7) is 0.175. The van der Waals surface area contributed by atoms with Crippen LogP contribution in [0.5, 0.6) is 17.2 Å². The molecule has 0 radical (unpaired) electrons. The largest absolute Gasteiger partial charge is 0.497 e. The fourth-order valence-electron chi connectivity index (χ4n) is 3.65. The Labute approximate surface area is 174 Å². The van der Waals surface area contributed by atoms with Crippen LogP contribution in [-0.2, 0) is 14.8 Å². The highest BCUT2D eigenvalue weighted by Gasteiger charge is 2.50. The summed E-state index contributed by atoms with van der Waals surface area (Å²) in [4.78, 5) is 23.8. The van der Waals surface area contributed by atoms with Gasteiger partial charge < -0.3 is 14.8 Å². The van der Waals surface area contributed by atoms with E-state index in [1.807, 2.05) is 0 Å². The van der Waals surface area contributed by atoms with E-state index < -0.39 is 27.5 Å². The van der Waals surface area contributed by atoms with Crippen LogP contribution < -0.4 is 20.1 Å². The van der Waals surface area contributed by atoms with Crippen LogP contribution in [0.3, 0.4) is 0 Å². The number of benzene rings is 2. The topological polar surface area (TPSA) is 114 Å². The van der Waals surface area contributed by atoms with Crippen molar-refractivity contribution in [3.05, 3.63) is 48.5 Å². The van der Waals surface area contributed by atoms with Crippen LogP contribution in [0, 0.1) is 0 Å². The van der Waals surface area contributed by atoms with Crippen molar-refractivity contribution in [3.8, 4) is 17.2 Å². The Morgan fingerprint density at radius 2 is 1.57 bits per heavy atom. The summed E-state index contributed by atoms with van der Waals surface area (Å²) in [5.74, 6) is 1.29. The summed E-state index contributed by atoms with van der Waals surface area (Å²) in [7, 11) is -2.26. The number of methoxy groups -OCH3 is 1. The summed E-state index contributed by atoms with van der Waals surface area (Å²) in [6.07, 6.45) is 0.858. The first-order valence-electron chi connectivity index (χ1n) is 9.38. The molecule has 0 saturated carbocycles. The van der Waals surface area contributed by atoms with E-state index in [0.717, 1.165) is 0 Å². The number of nitrogens with zero attached hydrogens (tertiary/aromatic N) is 1. The van der Waals surface area contributed by atoms with Crippen molar-refractivity contribution in [2.45, 2.75) is 23.3 Å². The van der Waals surface area contributed by atoms with Gasteiger partial charge in [0.25, 0.3) is 5.91 Å². The Morgan fingerprint density at radius 3 is 2.13 bits per heavy atom. The molecule has 10 heteroatoms. The van der Waals surface area contributed by atoms with Crippen molar-refractivity contribution >= 4 is 22.0 Å². The zero-order chi connectivity index (χ0) is 21.4. The first-order chi connectivity index (χ1) is 14.3. The molecule has 9 nitrogen and oxygen atoms in total. The lowest BCUT2D eigenvalue weighted by Crippen LogP contribution is -2.59. The number of ether oxygens (including phenoxy) is 2. The first-order valence-corrected chi connectivity index (χ1v) is 10.8. The van der Waals surface area contributed by atoms with Gasteiger partial charge in [-0.1, -0.05) is 0 Å². The molecular weight excluding hydrogens is 410 g/mol. The lowest BCUT2D eigenvalue weighted by molar-refractivity contribution is -0.125. The van der Waals surface area contributed by atoms with E-state index in [9.17, 15) is 18.0 Å². The van der Waals surface area contributed by atoms with Crippen LogP contribution >= 0.6 is 0 Å². The molecule has 2 fully saturated rings. The van der Waals surface area contributed by atoms with Gasteiger partial charge in [-0.15, -0.1) is 0 Å². The Balaban J connectivity index is 1.50. The third-order valence-corrected chi connectivity index (χ3v) is 7.09. The van der Waals surface area contributed by atoms with Gasteiger partial charge in [-0.25, -0.2) is 13.2 Å². The Morgan fingerprint density at radius 1 is 0.967 bits per heavy atom. The quantitative estimate of drug-likeness (QED) is 0.699. The standard InChI is InChI=1S/C20H21N3O6S/c1-28-14-3-5-15(6-4-14)29-16-7-9-17(10-8-16)30(26,27)23-12-2-11-20(13-23)18(24)21-19(25)22-20/h3-10H,2,11-13H2,1H3,(H2,21,22,24,25). The van der Waals surface area contributed by atoms with E-state index in [1.54, 1.807) is 43.5 Å². The number of carbonyl (C=O) groups excluding carboxylic acids is 2. The molecule has 2 aliphatic rings. The molecule has 0 aliphatic carbocycles. The maximum atomic E-state index is 13.1. The van der Waals surface area contributed by atoms with Crippen molar-refractivity contribution < 1.29 is 27.5 Å². The zero-order valence-corrected chi connectivity index (χ0v) is 17.1. The number of hydrogen-bond acceptors (Lipinski definition) is 6. The molecule has 2 N–H and O–H groups in total. The van der Waals surface area contributed by atoms with Crippen molar-refractivity contribution in [3.63, 3.8) is 0 Å². The Hall–Kier alpha value is -3.11. The number of hydrogen-bond donors (Lipinski definition) is 2. The molecule has 1 spiro atoms. The van der Waals surface area contributed by atoms with Gasteiger partial charge in [0.15, 0.2) is 0 Å². The summed E-state index contributed by atoms with van der Waals surface area (Å²) in [6, 6.07) is 12.5. The van der Waals surface area contributed by atoms with Crippen LogP contribution in [0.25, 0.3) is 0 Å². The smallest absolute Gasteiger partial charge is 0.322 e. The maximum absolute atomic E-state index is 13.1. The number of piperidine rings is 1. The SMILES string of the molecule is COc1ccc(Oc2ccc(S(=O)(=O)N3CCCC4(C3)NC(=O)NC4=O)cc2)cc1. The van der Waals surface area contributed by atoms with Gasteiger partial charge in [-0.3, -0.25) is 10.1 Å². The fraction of sp³-hybridized carbons (Fsp3) is 0.300. The minimum Gasteiger partial charge on any atom is -0.497 e. The minimum absolute atomic E-state index is 0.0892. The molecule has 1 atom stereocenters. The van der Waals surface area contributed by atoms with Crippen molar-refractivity contribution in [2.75, 3.05) is 20.2 Å². The van der Waals surface area contributed by atoms with Crippen LogP contribution in [0.2, 0.25) is 0 Å². The molecule has 30 heavy (non-hydrogen) atoms. The normalized spacial score (nSPS) is 21.9. The molecule has 0 aromatic heterocycles. The number of nitrogens with one attached hydrogen (secondary N) is 2. The van der Waals surface area contributed by atoms with E-state index >= 15 is 0 Å². The second-order valence-electron chi connectivity index (χ2n) is 7.18. The third-order valence-electron chi connectivity index (χ3n) is 5.23. The molecule has 158 valence electrons. The number of imide groups is 1. The molecule has 3 amide bonds. The molecule has 2 aromatic rings. The zero-order valence-electron chi connectivity index (χ0n) is 16.3. The average molecular weight is 431 g/mol. The highest BCUT2D eigenvalue weighted by Crippen LogP contribution is 2.30. The summed E-state index contributed by atoms with van der Waals surface area (Å²) in [5.41, 5.74) is -1.21. The van der Waals surface area contributed by atoms with E-state index in [1.165, 1.54) is 16.4 Å². The second-order valence-corrected chi connectivity index (χ2v) is 9.12. The number of carbonyl (C=O) groups is 2. The first kappa shape index (κ1) is 20.2. The summed E-state index contributed by atoms with van der Waals surface area (Å²) < 4.78 is 38.2. The number of amides is 3. The average Bonchev–Trinajstić information content (AvgIpc) is 3.01. The number of rotatable bonds is 5. The highest BCUT2D eigenvalue weighted by atomic mass is 32.2. The molecular formula is C20H21N3O6S. The maximum Gasteiger partial charge on any atom is 0.322 e. The third kappa shape index (κ3) is 3.71. The lowest BCUT2D eigenvalue weighted by atomic mass is 9.90. The Kier molecular flexibility index (Phi) is 5.12. The van der Waals surface area contributed by atoms with Crippen LogP contribution in [-0.4, -0.2) is 50.4 Å². The van der Waals surface area contributed by atoms with E-state index in [4.69, 9.17) is 9.47 Å². The van der Waals surface area contributed by atoms with Gasteiger partial charge in [0.05, 0.1) is 12.0 Å². The fourth-order valence-corrected chi connectivity index (χ4v) is 5.18. The highest BCUT2D eigenvalue weighted by molar-refractivity contribution is 7.89. The Bertz CT molecular complexity index is 1070. The summed E-state index contributed by atoms with van der Waals surface area (Å²) in [5, 5.41) is 4.77. The number of sulfonamides is 1. The monoisotopic (exact) mass is 431 g/mol. The number of urea groups is 1. The molecule has 2 aromatic carbocycles. The van der Waals surface area contributed by atoms with Crippen molar-refractivity contribution in [1.82, 2.24) is 14.9 Å².